The second-order valence-corrected chi connectivity index (χ2v) is 10.4. The van der Waals surface area contributed by atoms with Crippen molar-refractivity contribution in [2.24, 2.45) is 18.4 Å². The predicted molar refractivity (Wildman–Crippen MR) is 129 cm³/mol. The molecule has 0 aliphatic carbocycles. The third-order valence-electron chi connectivity index (χ3n) is 5.59. The molecule has 0 saturated carbocycles. The minimum absolute atomic E-state index is 0.0360. The van der Waals surface area contributed by atoms with Crippen molar-refractivity contribution in [3.63, 3.8) is 0 Å². The number of fused-ring (bicyclic) bond motifs is 1. The lowest BCUT2D eigenvalue weighted by Crippen LogP contribution is -2.50. The number of imidazole rings is 1. The summed E-state index contributed by atoms with van der Waals surface area (Å²) >= 11 is 0. The van der Waals surface area contributed by atoms with Crippen molar-refractivity contribution < 1.29 is 14.0 Å². The second-order valence-electron chi connectivity index (χ2n) is 10.4. The molecule has 33 heavy (non-hydrogen) atoms. The minimum Gasteiger partial charge on any atom is -0.464 e. The Morgan fingerprint density at radius 3 is 2.61 bits per heavy atom. The van der Waals surface area contributed by atoms with Gasteiger partial charge in [-0.15, -0.1) is 0 Å². The number of amides is 2. The van der Waals surface area contributed by atoms with Gasteiger partial charge < -0.3 is 19.2 Å². The van der Waals surface area contributed by atoms with Gasteiger partial charge in [0.25, 0.3) is 0 Å². The molecule has 3 aromatic rings. The molecule has 2 heterocycles. The molecule has 2 aromatic heterocycles. The third-order valence-corrected chi connectivity index (χ3v) is 5.59. The number of nitrogens with zero attached hydrogens (tertiary/aromatic N) is 3. The van der Waals surface area contributed by atoms with E-state index in [1.807, 2.05) is 62.8 Å². The quantitative estimate of drug-likeness (QED) is 0.512. The highest BCUT2D eigenvalue weighted by Gasteiger charge is 2.33. The van der Waals surface area contributed by atoms with Crippen molar-refractivity contribution in [1.29, 1.82) is 0 Å². The second kappa shape index (κ2) is 10.2. The van der Waals surface area contributed by atoms with E-state index in [0.717, 1.165) is 22.4 Å². The number of rotatable bonds is 9. The largest absolute Gasteiger partial charge is 0.464 e. The Morgan fingerprint density at radius 1 is 1.21 bits per heavy atom. The highest BCUT2D eigenvalue weighted by molar-refractivity contribution is 5.88. The van der Waals surface area contributed by atoms with Crippen molar-refractivity contribution >= 4 is 22.8 Å². The molecule has 1 aromatic carbocycles. The lowest BCUT2D eigenvalue weighted by Gasteiger charge is -2.34. The van der Waals surface area contributed by atoms with Gasteiger partial charge in [0.05, 0.1) is 12.8 Å². The van der Waals surface area contributed by atoms with Crippen LogP contribution in [-0.2, 0) is 29.7 Å². The van der Waals surface area contributed by atoms with E-state index >= 15 is 0 Å². The van der Waals surface area contributed by atoms with Crippen LogP contribution >= 0.6 is 0 Å². The number of furan rings is 1. The lowest BCUT2D eigenvalue weighted by atomic mass is 9.90. The first-order chi connectivity index (χ1) is 15.5. The van der Waals surface area contributed by atoms with Crippen LogP contribution < -0.4 is 5.32 Å². The fourth-order valence-electron chi connectivity index (χ4n) is 3.88. The van der Waals surface area contributed by atoms with Crippen molar-refractivity contribution in [1.82, 2.24) is 19.8 Å². The van der Waals surface area contributed by atoms with Gasteiger partial charge in [-0.3, -0.25) is 9.59 Å². The zero-order valence-corrected chi connectivity index (χ0v) is 20.6. The van der Waals surface area contributed by atoms with E-state index in [0.29, 0.717) is 25.9 Å². The molecule has 1 N–H and O–H groups in total. The molecule has 7 nitrogen and oxygen atoms in total. The van der Waals surface area contributed by atoms with Crippen LogP contribution in [0.15, 0.2) is 47.3 Å². The minimum atomic E-state index is -0.575. The predicted octanol–water partition coefficient (Wildman–Crippen LogP) is 4.66. The van der Waals surface area contributed by atoms with Crippen LogP contribution in [0.1, 0.15) is 58.8 Å². The van der Waals surface area contributed by atoms with E-state index < -0.39 is 6.04 Å². The summed E-state index contributed by atoms with van der Waals surface area (Å²) in [5.41, 5.74) is 1.62. The molecule has 0 unspecified atom stereocenters. The van der Waals surface area contributed by atoms with Crippen molar-refractivity contribution in [3.05, 3.63) is 54.3 Å². The molecule has 0 radical (unpaired) electrons. The normalized spacial score (nSPS) is 12.8. The number of carbonyl (C=O) groups is 2. The molecule has 0 spiro atoms. The van der Waals surface area contributed by atoms with Gasteiger partial charge in [0.1, 0.15) is 17.4 Å². The fourth-order valence-corrected chi connectivity index (χ4v) is 3.88. The Bertz CT molecular complexity index is 1090. The number of aromatic nitrogens is 2. The van der Waals surface area contributed by atoms with Gasteiger partial charge in [-0.05, 0) is 41.5 Å². The average Bonchev–Trinajstić information content (AvgIpc) is 3.35. The van der Waals surface area contributed by atoms with Crippen molar-refractivity contribution in [2.75, 3.05) is 0 Å². The molecule has 0 aliphatic rings. The molecule has 3 rings (SSSR count). The number of carbonyl (C=O) groups excluding carboxylic acids is 2. The maximum Gasteiger partial charge on any atom is 0.243 e. The summed E-state index contributed by atoms with van der Waals surface area (Å²) in [5.74, 6) is 0.817. The number of hydrogen-bond acceptors (Lipinski definition) is 4. The van der Waals surface area contributed by atoms with Gasteiger partial charge >= 0.3 is 0 Å². The maximum atomic E-state index is 13.4. The van der Waals surface area contributed by atoms with E-state index in [1.165, 1.54) is 0 Å². The first kappa shape index (κ1) is 24.6. The zero-order chi connectivity index (χ0) is 24.2. The first-order valence-corrected chi connectivity index (χ1v) is 11.5. The van der Waals surface area contributed by atoms with Crippen molar-refractivity contribution in [3.8, 4) is 0 Å². The summed E-state index contributed by atoms with van der Waals surface area (Å²) in [6, 6.07) is 7.19. The Balaban J connectivity index is 1.82. The van der Waals surface area contributed by atoms with Crippen LogP contribution in [0, 0.1) is 11.3 Å². The Morgan fingerprint density at radius 2 is 1.97 bits per heavy atom. The summed E-state index contributed by atoms with van der Waals surface area (Å²) in [7, 11) is 1.90. The zero-order valence-electron chi connectivity index (χ0n) is 20.6. The number of aryl methyl sites for hydroxylation is 1. The molecule has 0 aliphatic heterocycles. The highest BCUT2D eigenvalue weighted by Crippen LogP contribution is 2.24. The molecule has 0 bridgehead atoms. The van der Waals surface area contributed by atoms with Gasteiger partial charge in [-0.2, -0.15) is 0 Å². The van der Waals surface area contributed by atoms with Crippen LogP contribution in [-0.4, -0.2) is 32.3 Å². The standard InChI is InChI=1S/C26H36N4O3/c1-18(2)13-21(25(32)28-16-19-7-8-22-20(14-19)9-12-33-22)30(24(31)15-26(3,4)5)17-23-27-10-11-29(23)6/h7-12,14,18,21H,13,15-17H2,1-6H3,(H,28,32)/t21-/m0/s1. The Kier molecular flexibility index (Phi) is 7.61. The number of hydrogen-bond donors (Lipinski definition) is 1. The lowest BCUT2D eigenvalue weighted by molar-refractivity contribution is -0.143. The van der Waals surface area contributed by atoms with Crippen LogP contribution in [0.2, 0.25) is 0 Å². The van der Waals surface area contributed by atoms with E-state index in [2.05, 4.69) is 24.1 Å². The third kappa shape index (κ3) is 6.70. The van der Waals surface area contributed by atoms with Crippen LogP contribution in [0.3, 0.4) is 0 Å². The number of benzene rings is 1. The van der Waals surface area contributed by atoms with Gasteiger partial charge in [0, 0.05) is 37.8 Å². The molecular formula is C26H36N4O3. The monoisotopic (exact) mass is 452 g/mol. The van der Waals surface area contributed by atoms with Gasteiger partial charge in [-0.25, -0.2) is 4.98 Å². The Labute approximate surface area is 196 Å². The maximum absolute atomic E-state index is 13.4. The van der Waals surface area contributed by atoms with Crippen LogP contribution in [0.4, 0.5) is 0 Å². The van der Waals surface area contributed by atoms with E-state index in [1.54, 1.807) is 17.4 Å². The number of nitrogens with one attached hydrogen (secondary N) is 1. The summed E-state index contributed by atoms with van der Waals surface area (Å²) < 4.78 is 7.29. The first-order valence-electron chi connectivity index (χ1n) is 11.5. The van der Waals surface area contributed by atoms with Crippen LogP contribution in [0.5, 0.6) is 0 Å². The highest BCUT2D eigenvalue weighted by atomic mass is 16.3. The molecule has 1 atom stereocenters. The molecule has 0 saturated heterocycles. The smallest absolute Gasteiger partial charge is 0.243 e. The average molecular weight is 453 g/mol. The van der Waals surface area contributed by atoms with E-state index in [4.69, 9.17) is 4.42 Å². The topological polar surface area (TPSA) is 80.4 Å². The fraction of sp³-hybridized carbons (Fsp3) is 0.500. The molecule has 0 fully saturated rings. The van der Waals surface area contributed by atoms with Gasteiger partial charge in [-0.1, -0.05) is 40.7 Å². The van der Waals surface area contributed by atoms with Gasteiger partial charge in [0.2, 0.25) is 11.8 Å². The molecule has 178 valence electrons. The summed E-state index contributed by atoms with van der Waals surface area (Å²) in [6.45, 7) is 10.9. The summed E-state index contributed by atoms with van der Waals surface area (Å²) in [4.78, 5) is 33.0. The van der Waals surface area contributed by atoms with E-state index in [-0.39, 0.29) is 23.1 Å². The summed E-state index contributed by atoms with van der Waals surface area (Å²) in [6.07, 6.45) is 6.15. The van der Waals surface area contributed by atoms with Crippen molar-refractivity contribution in [2.45, 2.75) is 66.6 Å². The van der Waals surface area contributed by atoms with E-state index in [9.17, 15) is 9.59 Å². The SMILES string of the molecule is CC(C)C[C@@H](C(=O)NCc1ccc2occc2c1)N(Cc1nccn1C)C(=O)CC(C)(C)C. The molecule has 2 amide bonds. The summed E-state index contributed by atoms with van der Waals surface area (Å²) in [5, 5.41) is 4.06. The molecule has 7 heteroatoms. The Hall–Kier alpha value is -3.09. The molecular weight excluding hydrogens is 416 g/mol. The van der Waals surface area contributed by atoms with Gasteiger partial charge in [0.15, 0.2) is 0 Å². The van der Waals surface area contributed by atoms with Crippen LogP contribution in [0.25, 0.3) is 11.0 Å².